The molecule has 25 heavy (non-hydrogen) atoms. The molecule has 2 atom stereocenters. The lowest BCUT2D eigenvalue weighted by molar-refractivity contribution is -0.141. The second kappa shape index (κ2) is 5.93. The van der Waals surface area contributed by atoms with Gasteiger partial charge in [0.1, 0.15) is 5.83 Å². The van der Waals surface area contributed by atoms with Crippen molar-refractivity contribution in [1.82, 2.24) is 5.32 Å². The second-order valence-corrected chi connectivity index (χ2v) is 5.82. The van der Waals surface area contributed by atoms with E-state index in [1.54, 1.807) is 6.07 Å². The third kappa shape index (κ3) is 2.57. The normalized spacial score (nSPS) is 22.5. The molecule has 2 N–H and O–H groups in total. The molecule has 0 bridgehead atoms. The second-order valence-electron chi connectivity index (χ2n) is 5.82. The highest BCUT2D eigenvalue weighted by atomic mass is 19.3. The zero-order valence-corrected chi connectivity index (χ0v) is 13.1. The number of aliphatic hydroxyl groups is 1. The van der Waals surface area contributed by atoms with Crippen molar-refractivity contribution in [2.24, 2.45) is 0 Å². The highest BCUT2D eigenvalue weighted by Crippen LogP contribution is 2.47. The molecule has 0 aliphatic carbocycles. The van der Waals surface area contributed by atoms with Gasteiger partial charge >= 0.3 is 11.8 Å². The molecular formula is C17H14F3N3O2. The number of nitrogens with one attached hydrogen (secondary N) is 1. The van der Waals surface area contributed by atoms with Crippen LogP contribution in [0.3, 0.4) is 0 Å². The molecule has 1 amide bonds. The van der Waals surface area contributed by atoms with Gasteiger partial charge in [-0.1, -0.05) is 12.1 Å². The van der Waals surface area contributed by atoms with Crippen LogP contribution in [0.2, 0.25) is 0 Å². The van der Waals surface area contributed by atoms with E-state index in [-0.39, 0.29) is 16.8 Å². The van der Waals surface area contributed by atoms with Gasteiger partial charge in [0.25, 0.3) is 0 Å². The maximum Gasteiger partial charge on any atom is 0.352 e. The van der Waals surface area contributed by atoms with Gasteiger partial charge in [-0.05, 0) is 30.8 Å². The minimum Gasteiger partial charge on any atom is -0.389 e. The molecule has 8 heteroatoms. The Morgan fingerprint density at radius 3 is 2.84 bits per heavy atom. The average Bonchev–Trinajstić information content (AvgIpc) is 2.77. The summed E-state index contributed by atoms with van der Waals surface area (Å²) in [6, 6.07) is 4.57. The Morgan fingerprint density at radius 1 is 1.48 bits per heavy atom. The average molecular weight is 349 g/mol. The predicted molar refractivity (Wildman–Crippen MR) is 83.1 cm³/mol. The van der Waals surface area contributed by atoms with Crippen LogP contribution in [0.4, 0.5) is 18.9 Å². The third-order valence-corrected chi connectivity index (χ3v) is 4.21. The monoisotopic (exact) mass is 349 g/mol. The van der Waals surface area contributed by atoms with Gasteiger partial charge < -0.3 is 15.3 Å². The molecule has 0 aromatic heterocycles. The van der Waals surface area contributed by atoms with Gasteiger partial charge in [0.05, 0.1) is 30.0 Å². The van der Waals surface area contributed by atoms with Crippen molar-refractivity contribution < 1.29 is 23.1 Å². The Balaban J connectivity index is 2.07. The first-order valence-electron chi connectivity index (χ1n) is 7.51. The van der Waals surface area contributed by atoms with Gasteiger partial charge in [0.2, 0.25) is 0 Å². The lowest BCUT2D eigenvalue weighted by Gasteiger charge is -2.22. The Hall–Kier alpha value is -2.79. The summed E-state index contributed by atoms with van der Waals surface area (Å²) in [7, 11) is 0. The summed E-state index contributed by atoms with van der Waals surface area (Å²) in [4.78, 5) is 13.0. The van der Waals surface area contributed by atoms with E-state index in [0.29, 0.717) is 0 Å². The topological polar surface area (TPSA) is 76.4 Å². The first kappa shape index (κ1) is 17.0. The van der Waals surface area contributed by atoms with Crippen LogP contribution >= 0.6 is 0 Å². The molecule has 2 aliphatic rings. The summed E-state index contributed by atoms with van der Waals surface area (Å²) in [5, 5.41) is 21.1. The summed E-state index contributed by atoms with van der Waals surface area (Å²) in [5.74, 6) is -6.12. The molecular weight excluding hydrogens is 335 g/mol. The molecule has 130 valence electrons. The van der Waals surface area contributed by atoms with Crippen LogP contribution in [-0.4, -0.2) is 23.6 Å². The minimum atomic E-state index is -3.81. The number of fused-ring (bicyclic) bond motifs is 1. The number of benzene rings is 1. The molecule has 0 saturated heterocycles. The van der Waals surface area contributed by atoms with Gasteiger partial charge in [0, 0.05) is 5.57 Å². The fourth-order valence-electron chi connectivity index (χ4n) is 2.99. The largest absolute Gasteiger partial charge is 0.389 e. The van der Waals surface area contributed by atoms with E-state index in [2.05, 4.69) is 5.32 Å². The quantitative estimate of drug-likeness (QED) is 0.879. The number of carbonyl (C=O) groups excluding carboxylic acids is 1. The van der Waals surface area contributed by atoms with Gasteiger partial charge in [-0.2, -0.15) is 14.0 Å². The van der Waals surface area contributed by atoms with E-state index in [0.717, 1.165) is 4.90 Å². The van der Waals surface area contributed by atoms with Crippen molar-refractivity contribution in [1.29, 1.82) is 5.26 Å². The summed E-state index contributed by atoms with van der Waals surface area (Å²) in [5.41, 5.74) is -0.729. The van der Waals surface area contributed by atoms with Crippen molar-refractivity contribution >= 4 is 11.6 Å². The molecule has 0 spiro atoms. The number of hydrogen-bond donors (Lipinski definition) is 2. The van der Waals surface area contributed by atoms with Crippen LogP contribution in [-0.2, 0) is 10.7 Å². The van der Waals surface area contributed by atoms with Gasteiger partial charge in [-0.3, -0.25) is 4.79 Å². The van der Waals surface area contributed by atoms with Gasteiger partial charge in [-0.15, -0.1) is 0 Å². The van der Waals surface area contributed by atoms with E-state index < -0.39 is 41.9 Å². The zero-order valence-electron chi connectivity index (χ0n) is 13.1. The van der Waals surface area contributed by atoms with Crippen molar-refractivity contribution in [2.75, 3.05) is 11.4 Å². The molecule has 2 aliphatic heterocycles. The molecule has 5 nitrogen and oxygen atoms in total. The van der Waals surface area contributed by atoms with E-state index in [4.69, 9.17) is 5.26 Å². The number of nitrogens with zero attached hydrogens (tertiary/aromatic N) is 2. The number of amides is 1. The highest BCUT2D eigenvalue weighted by Gasteiger charge is 2.54. The number of carbonyl (C=O) groups is 1. The number of aliphatic hydroxyl groups excluding tert-OH is 1. The molecule has 2 heterocycles. The van der Waals surface area contributed by atoms with E-state index in [1.165, 1.54) is 37.4 Å². The molecule has 1 aromatic carbocycles. The van der Waals surface area contributed by atoms with Gasteiger partial charge in [-0.25, -0.2) is 4.39 Å². The lowest BCUT2D eigenvalue weighted by atomic mass is 9.98. The zero-order chi connectivity index (χ0) is 18.4. The van der Waals surface area contributed by atoms with E-state index in [1.807, 2.05) is 0 Å². The Bertz CT molecular complexity index is 840. The molecule has 0 radical (unpaired) electrons. The number of alkyl halides is 2. The summed E-state index contributed by atoms with van der Waals surface area (Å²) in [6.07, 6.45) is 1.44. The van der Waals surface area contributed by atoms with Crippen molar-refractivity contribution in [2.45, 2.75) is 25.0 Å². The van der Waals surface area contributed by atoms with Crippen LogP contribution in [0, 0.1) is 11.3 Å². The first-order chi connectivity index (χ1) is 11.8. The van der Waals surface area contributed by atoms with Crippen LogP contribution in [0.5, 0.6) is 0 Å². The number of hydrogen-bond acceptors (Lipinski definition) is 4. The van der Waals surface area contributed by atoms with Crippen molar-refractivity contribution in [3.05, 3.63) is 53.0 Å². The summed E-state index contributed by atoms with van der Waals surface area (Å²) in [6.45, 7) is 0.890. The number of dihydropyridines is 1. The van der Waals surface area contributed by atoms with E-state index in [9.17, 15) is 23.1 Å². The number of rotatable bonds is 3. The highest BCUT2D eigenvalue weighted by molar-refractivity contribution is 6.06. The molecule has 1 unspecified atom stereocenters. The minimum absolute atomic E-state index is 0.0373. The van der Waals surface area contributed by atoms with Crippen LogP contribution in [0.15, 0.2) is 41.9 Å². The summed E-state index contributed by atoms with van der Waals surface area (Å²) >= 11 is 0. The smallest absolute Gasteiger partial charge is 0.352 e. The number of nitriles is 1. The van der Waals surface area contributed by atoms with Gasteiger partial charge in [0.15, 0.2) is 6.04 Å². The summed E-state index contributed by atoms with van der Waals surface area (Å²) < 4.78 is 43.2. The van der Waals surface area contributed by atoms with Crippen molar-refractivity contribution in [3.63, 3.8) is 0 Å². The predicted octanol–water partition coefficient (Wildman–Crippen LogP) is 2.41. The first-order valence-corrected chi connectivity index (χ1v) is 7.51. The van der Waals surface area contributed by atoms with Crippen LogP contribution in [0.1, 0.15) is 24.2 Å². The number of anilines is 1. The van der Waals surface area contributed by atoms with E-state index >= 15 is 0 Å². The van der Waals surface area contributed by atoms with Crippen LogP contribution < -0.4 is 10.2 Å². The lowest BCUT2D eigenvalue weighted by Crippen LogP contribution is -2.37. The Labute approximate surface area is 141 Å². The Morgan fingerprint density at radius 2 is 2.20 bits per heavy atom. The third-order valence-electron chi connectivity index (χ3n) is 4.21. The molecule has 1 aromatic rings. The van der Waals surface area contributed by atoms with Crippen molar-refractivity contribution in [3.8, 4) is 6.07 Å². The maximum atomic E-state index is 14.5. The van der Waals surface area contributed by atoms with Crippen LogP contribution in [0.25, 0.3) is 0 Å². The Kier molecular flexibility index (Phi) is 4.05. The fraction of sp³-hybridized carbons (Fsp3) is 0.294. The fourth-order valence-corrected chi connectivity index (χ4v) is 2.99. The SMILES string of the molecule is C[C@H](O)c1cccc2c1C(F)(F)C(=O)N2CC1=C(F)C(C#N)NC=C1. The molecule has 0 saturated carbocycles. The standard InChI is InChI=1S/C17H14F3N3O2/c1-9(24)11-3-2-4-13-14(11)17(19,20)16(25)23(13)8-10-5-6-22-12(7-21)15(10)18/h2-6,9,12,22,24H,8H2,1H3/t9-,12?/m0/s1. The molecule has 3 rings (SSSR count). The molecule has 0 fully saturated rings. The maximum absolute atomic E-state index is 14.5. The number of halogens is 3.